The fourth-order valence-electron chi connectivity index (χ4n) is 3.24. The lowest BCUT2D eigenvalue weighted by molar-refractivity contribution is -0.113. The van der Waals surface area contributed by atoms with Gasteiger partial charge in [0.25, 0.3) is 0 Å². The van der Waals surface area contributed by atoms with Crippen LogP contribution < -0.4 is 5.32 Å². The molecule has 1 aliphatic rings. The van der Waals surface area contributed by atoms with Crippen LogP contribution in [0.2, 0.25) is 0 Å². The van der Waals surface area contributed by atoms with Gasteiger partial charge in [-0.3, -0.25) is 4.79 Å². The first-order valence-electron chi connectivity index (χ1n) is 8.91. The van der Waals surface area contributed by atoms with Gasteiger partial charge < -0.3 is 10.2 Å². The molecule has 1 aliphatic heterocycles. The largest absolute Gasteiger partial charge is 0.325 e. The van der Waals surface area contributed by atoms with Gasteiger partial charge in [-0.2, -0.15) is 11.8 Å². The van der Waals surface area contributed by atoms with Crippen molar-refractivity contribution in [2.75, 3.05) is 36.5 Å². The van der Waals surface area contributed by atoms with Crippen molar-refractivity contribution in [2.24, 2.45) is 0 Å². The number of carbonyl (C=O) groups is 1. The Bertz CT molecular complexity index is 660. The SMILES string of the molecule is O=C(CSCCN1CCCCCC1)Nc1cccc2ccccc12. The van der Waals surface area contributed by atoms with Crippen LogP contribution in [0, 0.1) is 0 Å². The van der Waals surface area contributed by atoms with E-state index in [1.54, 1.807) is 11.8 Å². The molecule has 3 rings (SSSR count). The minimum absolute atomic E-state index is 0.0900. The Kier molecular flexibility index (Phi) is 6.56. The molecule has 2 aromatic carbocycles. The minimum atomic E-state index is 0.0900. The van der Waals surface area contributed by atoms with Crippen LogP contribution in [0.15, 0.2) is 42.5 Å². The highest BCUT2D eigenvalue weighted by atomic mass is 32.2. The van der Waals surface area contributed by atoms with Gasteiger partial charge in [0.05, 0.1) is 5.75 Å². The Hall–Kier alpha value is -1.52. The lowest BCUT2D eigenvalue weighted by atomic mass is 10.1. The normalized spacial score (nSPS) is 16.0. The number of carbonyl (C=O) groups excluding carboxylic acids is 1. The molecule has 1 N–H and O–H groups in total. The van der Waals surface area contributed by atoms with Gasteiger partial charge in [0.1, 0.15) is 0 Å². The van der Waals surface area contributed by atoms with Crippen molar-refractivity contribution in [1.29, 1.82) is 0 Å². The van der Waals surface area contributed by atoms with Gasteiger partial charge in [-0.05, 0) is 37.4 Å². The Morgan fingerprint density at radius 1 is 1.00 bits per heavy atom. The van der Waals surface area contributed by atoms with Gasteiger partial charge in [0.15, 0.2) is 0 Å². The van der Waals surface area contributed by atoms with Crippen molar-refractivity contribution in [3.05, 3.63) is 42.5 Å². The predicted molar refractivity (Wildman–Crippen MR) is 105 cm³/mol. The Morgan fingerprint density at radius 2 is 1.75 bits per heavy atom. The molecule has 128 valence electrons. The van der Waals surface area contributed by atoms with Crippen LogP contribution >= 0.6 is 11.8 Å². The second kappa shape index (κ2) is 9.09. The van der Waals surface area contributed by atoms with Gasteiger partial charge >= 0.3 is 0 Å². The summed E-state index contributed by atoms with van der Waals surface area (Å²) in [6.45, 7) is 3.55. The predicted octanol–water partition coefficient (Wildman–Crippen LogP) is 4.39. The molecule has 0 radical (unpaired) electrons. The van der Waals surface area contributed by atoms with Crippen molar-refractivity contribution in [2.45, 2.75) is 25.7 Å². The maximum atomic E-state index is 12.2. The number of rotatable bonds is 6. The first-order valence-corrected chi connectivity index (χ1v) is 10.1. The van der Waals surface area contributed by atoms with E-state index in [1.807, 2.05) is 24.3 Å². The quantitative estimate of drug-likeness (QED) is 0.790. The van der Waals surface area contributed by atoms with Crippen molar-refractivity contribution < 1.29 is 4.79 Å². The molecule has 0 aromatic heterocycles. The molecule has 0 unspecified atom stereocenters. The highest BCUT2D eigenvalue weighted by molar-refractivity contribution is 7.99. The van der Waals surface area contributed by atoms with E-state index in [-0.39, 0.29) is 5.91 Å². The van der Waals surface area contributed by atoms with Crippen LogP contribution in [0.25, 0.3) is 10.8 Å². The lowest BCUT2D eigenvalue weighted by Crippen LogP contribution is -2.27. The van der Waals surface area contributed by atoms with Crippen LogP contribution in [0.1, 0.15) is 25.7 Å². The Morgan fingerprint density at radius 3 is 2.58 bits per heavy atom. The van der Waals surface area contributed by atoms with Crippen molar-refractivity contribution in [3.63, 3.8) is 0 Å². The number of nitrogens with one attached hydrogen (secondary N) is 1. The van der Waals surface area contributed by atoms with E-state index >= 15 is 0 Å². The van der Waals surface area contributed by atoms with E-state index in [4.69, 9.17) is 0 Å². The summed E-state index contributed by atoms with van der Waals surface area (Å²) in [5.41, 5.74) is 0.909. The van der Waals surface area contributed by atoms with Crippen molar-refractivity contribution in [3.8, 4) is 0 Å². The summed E-state index contributed by atoms with van der Waals surface area (Å²) in [7, 11) is 0. The number of anilines is 1. The summed E-state index contributed by atoms with van der Waals surface area (Å²) in [6, 6.07) is 14.2. The maximum Gasteiger partial charge on any atom is 0.234 e. The van der Waals surface area contributed by atoms with Gasteiger partial charge in [-0.15, -0.1) is 0 Å². The van der Waals surface area contributed by atoms with Gasteiger partial charge in [-0.25, -0.2) is 0 Å². The van der Waals surface area contributed by atoms with E-state index in [0.29, 0.717) is 5.75 Å². The molecule has 4 heteroatoms. The Labute approximate surface area is 148 Å². The number of likely N-dealkylation sites (tertiary alicyclic amines) is 1. The average Bonchev–Trinajstić information content (AvgIpc) is 2.88. The molecule has 1 amide bonds. The minimum Gasteiger partial charge on any atom is -0.325 e. The topological polar surface area (TPSA) is 32.3 Å². The molecule has 2 aromatic rings. The first kappa shape index (κ1) is 17.3. The molecular weight excluding hydrogens is 316 g/mol. The fraction of sp³-hybridized carbons (Fsp3) is 0.450. The summed E-state index contributed by atoms with van der Waals surface area (Å²) in [5.74, 6) is 1.65. The van der Waals surface area contributed by atoms with Crippen molar-refractivity contribution >= 4 is 34.1 Å². The second-order valence-electron chi connectivity index (χ2n) is 6.38. The summed E-state index contributed by atoms with van der Waals surface area (Å²) in [4.78, 5) is 14.8. The standard InChI is InChI=1S/C20H26N2OS/c23-20(16-24-15-14-22-12-5-1-2-6-13-22)21-19-11-7-9-17-8-3-4-10-18(17)19/h3-4,7-11H,1-2,5-6,12-16H2,(H,21,23). The first-order chi connectivity index (χ1) is 11.8. The van der Waals surface area contributed by atoms with E-state index in [2.05, 4.69) is 28.4 Å². The zero-order valence-electron chi connectivity index (χ0n) is 14.2. The molecule has 1 saturated heterocycles. The number of amides is 1. The van der Waals surface area contributed by atoms with Crippen molar-refractivity contribution in [1.82, 2.24) is 4.90 Å². The third kappa shape index (κ3) is 4.99. The second-order valence-corrected chi connectivity index (χ2v) is 7.49. The van der Waals surface area contributed by atoms with E-state index < -0.39 is 0 Å². The van der Waals surface area contributed by atoms with Gasteiger partial charge in [-0.1, -0.05) is 49.2 Å². The summed E-state index contributed by atoms with van der Waals surface area (Å²) in [6.07, 6.45) is 5.40. The number of benzene rings is 2. The molecule has 24 heavy (non-hydrogen) atoms. The molecule has 0 atom stereocenters. The number of hydrogen-bond donors (Lipinski definition) is 1. The monoisotopic (exact) mass is 342 g/mol. The molecule has 0 spiro atoms. The lowest BCUT2D eigenvalue weighted by Gasteiger charge is -2.19. The molecule has 1 fully saturated rings. The summed E-state index contributed by atoms with van der Waals surface area (Å²) >= 11 is 1.73. The molecule has 0 bridgehead atoms. The third-order valence-electron chi connectivity index (χ3n) is 4.55. The fourth-order valence-corrected chi connectivity index (χ4v) is 4.03. The molecule has 1 heterocycles. The van der Waals surface area contributed by atoms with Crippen LogP contribution in [0.4, 0.5) is 5.69 Å². The smallest absolute Gasteiger partial charge is 0.234 e. The summed E-state index contributed by atoms with van der Waals surface area (Å²) < 4.78 is 0. The number of nitrogens with zero attached hydrogens (tertiary/aromatic N) is 1. The van der Waals surface area contributed by atoms with E-state index in [0.717, 1.165) is 28.8 Å². The molecule has 0 aliphatic carbocycles. The average molecular weight is 343 g/mol. The maximum absolute atomic E-state index is 12.2. The number of fused-ring (bicyclic) bond motifs is 1. The molecular formula is C20H26N2OS. The zero-order chi connectivity index (χ0) is 16.6. The van der Waals surface area contributed by atoms with Crippen LogP contribution in [0.3, 0.4) is 0 Å². The highest BCUT2D eigenvalue weighted by Gasteiger charge is 2.09. The highest BCUT2D eigenvalue weighted by Crippen LogP contribution is 2.23. The van der Waals surface area contributed by atoms with E-state index in [9.17, 15) is 4.79 Å². The van der Waals surface area contributed by atoms with Crippen LogP contribution in [-0.2, 0) is 4.79 Å². The number of thioether (sulfide) groups is 1. The Balaban J connectivity index is 1.44. The summed E-state index contributed by atoms with van der Waals surface area (Å²) in [5, 5.41) is 5.32. The van der Waals surface area contributed by atoms with Gasteiger partial charge in [0.2, 0.25) is 5.91 Å². The molecule has 3 nitrogen and oxygen atoms in total. The van der Waals surface area contributed by atoms with Crippen LogP contribution in [0.5, 0.6) is 0 Å². The van der Waals surface area contributed by atoms with E-state index in [1.165, 1.54) is 38.8 Å². The zero-order valence-corrected chi connectivity index (χ0v) is 15.0. The van der Waals surface area contributed by atoms with Crippen LogP contribution in [-0.4, -0.2) is 41.9 Å². The third-order valence-corrected chi connectivity index (χ3v) is 5.48. The number of hydrogen-bond acceptors (Lipinski definition) is 3. The molecule has 0 saturated carbocycles. The van der Waals surface area contributed by atoms with Gasteiger partial charge in [0, 0.05) is 23.4 Å².